The van der Waals surface area contributed by atoms with E-state index in [9.17, 15) is 0 Å². The zero-order valence-corrected chi connectivity index (χ0v) is 11.2. The number of hydrogen-bond acceptors (Lipinski definition) is 2. The van der Waals surface area contributed by atoms with Gasteiger partial charge in [0, 0.05) is 19.1 Å². The van der Waals surface area contributed by atoms with Gasteiger partial charge in [-0.05, 0) is 36.1 Å². The highest BCUT2D eigenvalue weighted by Crippen LogP contribution is 2.62. The van der Waals surface area contributed by atoms with Crippen molar-refractivity contribution < 1.29 is 4.74 Å². The molecule has 92 valence electrons. The molecule has 1 N–H and O–H groups in total. The van der Waals surface area contributed by atoms with Crippen molar-refractivity contribution in [2.24, 2.45) is 11.8 Å². The van der Waals surface area contributed by atoms with Crippen LogP contribution in [-0.4, -0.2) is 26.8 Å². The Kier molecular flexibility index (Phi) is 2.86. The van der Waals surface area contributed by atoms with Crippen molar-refractivity contribution in [3.63, 3.8) is 0 Å². The summed E-state index contributed by atoms with van der Waals surface area (Å²) in [6.45, 7) is 2.92. The Labute approximate surface area is 111 Å². The summed E-state index contributed by atoms with van der Waals surface area (Å²) in [5.41, 5.74) is 1.52. The molecule has 3 rings (SSSR count). The van der Waals surface area contributed by atoms with E-state index in [2.05, 4.69) is 11.4 Å². The first-order valence-electron chi connectivity index (χ1n) is 5.85. The van der Waals surface area contributed by atoms with Crippen LogP contribution >= 0.6 is 23.2 Å². The average molecular weight is 272 g/mol. The van der Waals surface area contributed by atoms with Gasteiger partial charge in [0.2, 0.25) is 0 Å². The van der Waals surface area contributed by atoms with Gasteiger partial charge in [-0.3, -0.25) is 0 Å². The molecule has 1 aromatic carbocycles. The largest absolute Gasteiger partial charge is 0.384 e. The fourth-order valence-corrected chi connectivity index (χ4v) is 3.68. The van der Waals surface area contributed by atoms with Gasteiger partial charge in [-0.2, -0.15) is 0 Å². The molecule has 1 saturated heterocycles. The van der Waals surface area contributed by atoms with Gasteiger partial charge in [-0.1, -0.05) is 29.3 Å². The summed E-state index contributed by atoms with van der Waals surface area (Å²) in [5.74, 6) is 1.30. The van der Waals surface area contributed by atoms with E-state index in [1.54, 1.807) is 7.11 Å². The van der Waals surface area contributed by atoms with Crippen LogP contribution in [-0.2, 0) is 10.2 Å². The molecule has 0 radical (unpaired) electrons. The van der Waals surface area contributed by atoms with E-state index < -0.39 is 0 Å². The molecule has 2 nitrogen and oxygen atoms in total. The minimum absolute atomic E-state index is 0.226. The highest BCUT2D eigenvalue weighted by molar-refractivity contribution is 6.42. The highest BCUT2D eigenvalue weighted by atomic mass is 35.5. The van der Waals surface area contributed by atoms with E-state index in [0.717, 1.165) is 19.7 Å². The number of methoxy groups -OCH3 is 1. The number of nitrogens with one attached hydrogen (secondary N) is 1. The molecule has 1 aliphatic carbocycles. The van der Waals surface area contributed by atoms with E-state index >= 15 is 0 Å². The normalized spacial score (nSPS) is 34.8. The molecule has 1 aliphatic heterocycles. The summed E-state index contributed by atoms with van der Waals surface area (Å²) < 4.78 is 5.32. The first-order chi connectivity index (χ1) is 8.20. The topological polar surface area (TPSA) is 21.3 Å². The monoisotopic (exact) mass is 271 g/mol. The van der Waals surface area contributed by atoms with Crippen LogP contribution in [0.5, 0.6) is 0 Å². The summed E-state index contributed by atoms with van der Waals surface area (Å²) in [6.07, 6.45) is 0. The molecule has 0 amide bonds. The molecule has 17 heavy (non-hydrogen) atoms. The maximum Gasteiger partial charge on any atom is 0.0595 e. The van der Waals surface area contributed by atoms with Gasteiger partial charge in [-0.15, -0.1) is 0 Å². The summed E-state index contributed by atoms with van der Waals surface area (Å²) >= 11 is 12.1. The molecule has 2 aliphatic rings. The predicted molar refractivity (Wildman–Crippen MR) is 69.9 cm³/mol. The lowest BCUT2D eigenvalue weighted by atomic mass is 9.93. The van der Waals surface area contributed by atoms with Gasteiger partial charge in [0.25, 0.3) is 0 Å². The molecule has 0 unspecified atom stereocenters. The van der Waals surface area contributed by atoms with Gasteiger partial charge in [0.05, 0.1) is 16.7 Å². The van der Waals surface area contributed by atoms with Crippen molar-refractivity contribution in [3.8, 4) is 0 Å². The Morgan fingerprint density at radius 1 is 1.41 bits per heavy atom. The summed E-state index contributed by atoms with van der Waals surface area (Å²) in [6, 6.07) is 6.01. The lowest BCUT2D eigenvalue weighted by Crippen LogP contribution is -2.25. The maximum absolute atomic E-state index is 6.11. The van der Waals surface area contributed by atoms with E-state index in [1.165, 1.54) is 5.56 Å². The first-order valence-corrected chi connectivity index (χ1v) is 6.61. The Morgan fingerprint density at radius 2 is 2.24 bits per heavy atom. The molecule has 1 heterocycles. The van der Waals surface area contributed by atoms with Crippen molar-refractivity contribution in [1.82, 2.24) is 5.32 Å². The van der Waals surface area contributed by atoms with Crippen molar-refractivity contribution in [2.45, 2.75) is 5.41 Å². The fourth-order valence-electron chi connectivity index (χ4n) is 3.39. The van der Waals surface area contributed by atoms with Gasteiger partial charge >= 0.3 is 0 Å². The van der Waals surface area contributed by atoms with Gasteiger partial charge < -0.3 is 10.1 Å². The number of halogens is 2. The average Bonchev–Trinajstić information content (AvgIpc) is 2.72. The van der Waals surface area contributed by atoms with Crippen molar-refractivity contribution >= 4 is 23.2 Å². The molecule has 2 fully saturated rings. The molecule has 4 heteroatoms. The Bertz CT molecular complexity index is 451. The molecular formula is C13H15Cl2NO. The molecule has 0 bridgehead atoms. The second-order valence-corrected chi connectivity index (χ2v) is 5.78. The second kappa shape index (κ2) is 4.13. The van der Waals surface area contributed by atoms with Crippen molar-refractivity contribution in [1.29, 1.82) is 0 Å². The number of rotatable bonds is 3. The van der Waals surface area contributed by atoms with Gasteiger partial charge in [0.15, 0.2) is 0 Å². The number of hydrogen-bond donors (Lipinski definition) is 1. The standard InChI is InChI=1S/C13H15Cl2NO/c1-17-6-10-9-5-16-7-13(9,10)8-2-3-11(14)12(15)4-8/h2-4,9-10,16H,5-7H2,1H3/t9-,10+,13+/m1/s1. The lowest BCUT2D eigenvalue weighted by molar-refractivity contribution is 0.172. The molecule has 0 spiro atoms. The van der Waals surface area contributed by atoms with Crippen molar-refractivity contribution in [2.75, 3.05) is 26.8 Å². The molecule has 1 saturated carbocycles. The molecule has 0 aromatic heterocycles. The third-order valence-corrected chi connectivity index (χ3v) is 5.02. The Balaban J connectivity index is 1.94. The molecule has 1 aromatic rings. The second-order valence-electron chi connectivity index (χ2n) is 4.97. The smallest absolute Gasteiger partial charge is 0.0595 e. The van der Waals surface area contributed by atoms with Gasteiger partial charge in [-0.25, -0.2) is 0 Å². The first kappa shape index (κ1) is 11.8. The summed E-state index contributed by atoms with van der Waals surface area (Å²) in [7, 11) is 1.77. The van der Waals surface area contributed by atoms with Crippen LogP contribution in [0.4, 0.5) is 0 Å². The fraction of sp³-hybridized carbons (Fsp3) is 0.538. The van der Waals surface area contributed by atoms with Crippen LogP contribution in [0.25, 0.3) is 0 Å². The summed E-state index contributed by atoms with van der Waals surface area (Å²) in [5, 5.41) is 4.72. The van der Waals surface area contributed by atoms with Gasteiger partial charge in [0.1, 0.15) is 0 Å². The minimum atomic E-state index is 0.226. The predicted octanol–water partition coefficient (Wildman–Crippen LogP) is 2.73. The van der Waals surface area contributed by atoms with E-state index in [0.29, 0.717) is 21.9 Å². The zero-order valence-electron chi connectivity index (χ0n) is 9.67. The Hall–Kier alpha value is -0.280. The number of benzene rings is 1. The third-order valence-electron chi connectivity index (χ3n) is 4.28. The van der Waals surface area contributed by atoms with Crippen LogP contribution in [0.3, 0.4) is 0 Å². The van der Waals surface area contributed by atoms with E-state index in [4.69, 9.17) is 27.9 Å². The molecule has 3 atom stereocenters. The number of ether oxygens (including phenoxy) is 1. The highest BCUT2D eigenvalue weighted by Gasteiger charge is 2.67. The number of fused-ring (bicyclic) bond motifs is 1. The summed E-state index contributed by atoms with van der Waals surface area (Å²) in [4.78, 5) is 0. The lowest BCUT2D eigenvalue weighted by Gasteiger charge is -2.16. The Morgan fingerprint density at radius 3 is 2.94 bits per heavy atom. The zero-order chi connectivity index (χ0) is 12.0. The quantitative estimate of drug-likeness (QED) is 0.913. The van der Waals surface area contributed by atoms with Crippen molar-refractivity contribution in [3.05, 3.63) is 33.8 Å². The van der Waals surface area contributed by atoms with Crippen LogP contribution in [0, 0.1) is 11.8 Å². The van der Waals surface area contributed by atoms with Crippen LogP contribution in [0.1, 0.15) is 5.56 Å². The SMILES string of the molecule is COC[C@H]1[C@H]2CNC[C@]21c1ccc(Cl)c(Cl)c1. The van der Waals surface area contributed by atoms with Crippen LogP contribution in [0.2, 0.25) is 10.0 Å². The third kappa shape index (κ3) is 1.62. The van der Waals surface area contributed by atoms with E-state index in [1.807, 2.05) is 12.1 Å². The van der Waals surface area contributed by atoms with Crippen LogP contribution in [0.15, 0.2) is 18.2 Å². The number of piperidine rings is 1. The van der Waals surface area contributed by atoms with Crippen LogP contribution < -0.4 is 5.32 Å². The minimum Gasteiger partial charge on any atom is -0.384 e. The van der Waals surface area contributed by atoms with E-state index in [-0.39, 0.29) is 5.41 Å². The molecular weight excluding hydrogens is 257 g/mol. The maximum atomic E-state index is 6.11.